The zero-order valence-electron chi connectivity index (χ0n) is 18.6. The molecule has 0 saturated heterocycles. The van der Waals surface area contributed by atoms with Gasteiger partial charge in [0.05, 0.1) is 5.69 Å². The molecule has 0 amide bonds. The maximum atomic E-state index is 4.73. The van der Waals surface area contributed by atoms with Crippen molar-refractivity contribution in [2.24, 2.45) is 12.0 Å². The maximum Gasteiger partial charge on any atom is 0.191 e. The van der Waals surface area contributed by atoms with Crippen LogP contribution in [0, 0.1) is 13.8 Å². The molecule has 0 radical (unpaired) electrons. The summed E-state index contributed by atoms with van der Waals surface area (Å²) in [5, 5.41) is 11.3. The molecule has 0 fully saturated rings. The van der Waals surface area contributed by atoms with E-state index in [4.69, 9.17) is 4.99 Å². The molecule has 0 unspecified atom stereocenters. The standard InChI is InChI=1S/C20H40N6.HI/c1-9-21-20(22-12-10-14-26(15(2)3)16(4)5)23-13-11-19-17(6)24-25(8)18(19)7;/h15-16H,9-14H2,1-8H3,(H2,21,22,23);1H. The van der Waals surface area contributed by atoms with E-state index in [2.05, 4.69) is 69.1 Å². The highest BCUT2D eigenvalue weighted by molar-refractivity contribution is 14.0. The molecule has 1 rings (SSSR count). The quantitative estimate of drug-likeness (QED) is 0.228. The van der Waals surface area contributed by atoms with Crippen LogP contribution in [-0.2, 0) is 13.5 Å². The Balaban J connectivity index is 0.00000676. The van der Waals surface area contributed by atoms with Crippen LogP contribution in [0.1, 0.15) is 58.0 Å². The number of guanidine groups is 1. The highest BCUT2D eigenvalue weighted by Crippen LogP contribution is 2.11. The average Bonchev–Trinajstić information content (AvgIpc) is 2.79. The minimum atomic E-state index is 0. The third-order valence-electron chi connectivity index (χ3n) is 4.84. The van der Waals surface area contributed by atoms with E-state index in [0.29, 0.717) is 12.1 Å². The van der Waals surface area contributed by atoms with Crippen LogP contribution in [0.25, 0.3) is 0 Å². The Morgan fingerprint density at radius 1 is 1.15 bits per heavy atom. The van der Waals surface area contributed by atoms with Crippen molar-refractivity contribution in [1.29, 1.82) is 0 Å². The highest BCUT2D eigenvalue weighted by Gasteiger charge is 2.12. The van der Waals surface area contributed by atoms with Gasteiger partial charge in [-0.15, -0.1) is 24.0 Å². The zero-order valence-corrected chi connectivity index (χ0v) is 20.9. The van der Waals surface area contributed by atoms with Crippen molar-refractivity contribution in [1.82, 2.24) is 25.3 Å². The third kappa shape index (κ3) is 8.81. The van der Waals surface area contributed by atoms with Crippen LogP contribution < -0.4 is 10.6 Å². The molecule has 0 aliphatic carbocycles. The van der Waals surface area contributed by atoms with Gasteiger partial charge < -0.3 is 10.6 Å². The van der Waals surface area contributed by atoms with Gasteiger partial charge in [0.1, 0.15) is 0 Å². The van der Waals surface area contributed by atoms with Gasteiger partial charge in [0.2, 0.25) is 0 Å². The van der Waals surface area contributed by atoms with Gasteiger partial charge >= 0.3 is 0 Å². The second-order valence-electron chi connectivity index (χ2n) is 7.49. The Hall–Kier alpha value is -0.830. The molecule has 0 bridgehead atoms. The first kappa shape index (κ1) is 26.2. The molecule has 7 heteroatoms. The normalized spacial score (nSPS) is 12.0. The molecular formula is C20H41IN6. The fraction of sp³-hybridized carbons (Fsp3) is 0.800. The summed E-state index contributed by atoms with van der Waals surface area (Å²) in [5.74, 6) is 0.910. The first-order valence-corrected chi connectivity index (χ1v) is 10.0. The number of hydrogen-bond donors (Lipinski definition) is 2. The van der Waals surface area contributed by atoms with Gasteiger partial charge in [-0.2, -0.15) is 5.10 Å². The molecule has 0 saturated carbocycles. The molecule has 0 aliphatic rings. The Morgan fingerprint density at radius 3 is 2.26 bits per heavy atom. The van der Waals surface area contributed by atoms with Crippen LogP contribution in [0.3, 0.4) is 0 Å². The van der Waals surface area contributed by atoms with E-state index in [1.807, 2.05) is 11.7 Å². The average molecular weight is 492 g/mol. The summed E-state index contributed by atoms with van der Waals surface area (Å²) < 4.78 is 1.96. The molecule has 0 aromatic carbocycles. The smallest absolute Gasteiger partial charge is 0.191 e. The zero-order chi connectivity index (χ0) is 19.7. The van der Waals surface area contributed by atoms with Crippen LogP contribution in [-0.4, -0.2) is 58.9 Å². The number of halogens is 1. The van der Waals surface area contributed by atoms with Crippen LogP contribution >= 0.6 is 24.0 Å². The van der Waals surface area contributed by atoms with Gasteiger partial charge in [0.25, 0.3) is 0 Å². The first-order valence-electron chi connectivity index (χ1n) is 10.0. The van der Waals surface area contributed by atoms with E-state index in [1.165, 1.54) is 11.3 Å². The van der Waals surface area contributed by atoms with Crippen LogP contribution in [0.4, 0.5) is 0 Å². The number of nitrogens with zero attached hydrogens (tertiary/aromatic N) is 4. The van der Waals surface area contributed by atoms with Crippen molar-refractivity contribution in [3.05, 3.63) is 17.0 Å². The van der Waals surface area contributed by atoms with Gasteiger partial charge in [-0.3, -0.25) is 14.6 Å². The van der Waals surface area contributed by atoms with Crippen molar-refractivity contribution in [2.45, 2.75) is 73.4 Å². The molecule has 27 heavy (non-hydrogen) atoms. The first-order chi connectivity index (χ1) is 12.3. The lowest BCUT2D eigenvalue weighted by atomic mass is 10.1. The summed E-state index contributed by atoms with van der Waals surface area (Å²) in [4.78, 5) is 7.25. The molecule has 0 atom stereocenters. The predicted molar refractivity (Wildman–Crippen MR) is 127 cm³/mol. The fourth-order valence-corrected chi connectivity index (χ4v) is 3.38. The molecule has 0 aliphatic heterocycles. The molecular weight excluding hydrogens is 451 g/mol. The second-order valence-corrected chi connectivity index (χ2v) is 7.49. The lowest BCUT2D eigenvalue weighted by Crippen LogP contribution is -2.39. The van der Waals surface area contributed by atoms with Gasteiger partial charge in [-0.1, -0.05) is 0 Å². The van der Waals surface area contributed by atoms with E-state index in [0.717, 1.165) is 50.7 Å². The Labute approximate surface area is 183 Å². The maximum absolute atomic E-state index is 4.73. The van der Waals surface area contributed by atoms with E-state index >= 15 is 0 Å². The number of hydrogen-bond acceptors (Lipinski definition) is 3. The van der Waals surface area contributed by atoms with Gasteiger partial charge in [-0.05, 0) is 66.9 Å². The van der Waals surface area contributed by atoms with Crippen LogP contribution in [0.2, 0.25) is 0 Å². The largest absolute Gasteiger partial charge is 0.357 e. The fourth-order valence-electron chi connectivity index (χ4n) is 3.38. The summed E-state index contributed by atoms with van der Waals surface area (Å²) in [7, 11) is 2.00. The number of nitrogens with one attached hydrogen (secondary N) is 2. The van der Waals surface area contributed by atoms with Gasteiger partial charge in [-0.25, -0.2) is 0 Å². The molecule has 158 valence electrons. The number of rotatable bonds is 10. The lowest BCUT2D eigenvalue weighted by molar-refractivity contribution is 0.174. The third-order valence-corrected chi connectivity index (χ3v) is 4.84. The minimum Gasteiger partial charge on any atom is -0.357 e. The Kier molecular flexibility index (Phi) is 13.0. The topological polar surface area (TPSA) is 57.5 Å². The van der Waals surface area contributed by atoms with Gasteiger partial charge in [0.15, 0.2) is 5.96 Å². The van der Waals surface area contributed by atoms with Crippen LogP contribution in [0.5, 0.6) is 0 Å². The monoisotopic (exact) mass is 492 g/mol. The van der Waals surface area contributed by atoms with E-state index in [1.54, 1.807) is 0 Å². The summed E-state index contributed by atoms with van der Waals surface area (Å²) >= 11 is 0. The highest BCUT2D eigenvalue weighted by atomic mass is 127. The number of aromatic nitrogens is 2. The summed E-state index contributed by atoms with van der Waals surface area (Å²) in [5.41, 5.74) is 3.70. The van der Waals surface area contributed by atoms with E-state index in [9.17, 15) is 0 Å². The molecule has 0 spiro atoms. The lowest BCUT2D eigenvalue weighted by Gasteiger charge is -2.30. The minimum absolute atomic E-state index is 0. The molecule has 1 aromatic rings. The number of aliphatic imine (C=N–C) groups is 1. The SMILES string of the molecule is CCNC(=NCCCN(C(C)C)C(C)C)NCCc1c(C)nn(C)c1C.I. The van der Waals surface area contributed by atoms with E-state index in [-0.39, 0.29) is 24.0 Å². The van der Waals surface area contributed by atoms with E-state index < -0.39 is 0 Å². The number of aryl methyl sites for hydroxylation is 2. The molecule has 2 N–H and O–H groups in total. The van der Waals surface area contributed by atoms with Crippen LogP contribution in [0.15, 0.2) is 4.99 Å². The summed E-state index contributed by atoms with van der Waals surface area (Å²) in [6.45, 7) is 19.0. The Bertz CT molecular complexity index is 557. The summed E-state index contributed by atoms with van der Waals surface area (Å²) in [6.07, 6.45) is 2.04. The second kappa shape index (κ2) is 13.4. The Morgan fingerprint density at radius 2 is 1.78 bits per heavy atom. The predicted octanol–water partition coefficient (Wildman–Crippen LogP) is 3.26. The van der Waals surface area contributed by atoms with Crippen molar-refractivity contribution in [2.75, 3.05) is 26.2 Å². The van der Waals surface area contributed by atoms with Crippen molar-refractivity contribution < 1.29 is 0 Å². The van der Waals surface area contributed by atoms with Crippen molar-refractivity contribution >= 4 is 29.9 Å². The molecule has 1 heterocycles. The summed E-state index contributed by atoms with van der Waals surface area (Å²) in [6, 6.07) is 1.16. The molecule has 1 aromatic heterocycles. The van der Waals surface area contributed by atoms with Crippen molar-refractivity contribution in [3.63, 3.8) is 0 Å². The van der Waals surface area contributed by atoms with Gasteiger partial charge in [0, 0.05) is 51.0 Å². The molecule has 6 nitrogen and oxygen atoms in total. The van der Waals surface area contributed by atoms with Crippen molar-refractivity contribution in [3.8, 4) is 0 Å².